The summed E-state index contributed by atoms with van der Waals surface area (Å²) in [5.41, 5.74) is 2.13. The van der Waals surface area contributed by atoms with Gasteiger partial charge in [-0.05, 0) is 25.8 Å². The third-order valence-electron chi connectivity index (χ3n) is 6.98. The van der Waals surface area contributed by atoms with E-state index in [4.69, 9.17) is 0 Å². The highest BCUT2D eigenvalue weighted by Gasteiger charge is 2.39. The van der Waals surface area contributed by atoms with Gasteiger partial charge in [-0.1, -0.05) is 0 Å². The topological polar surface area (TPSA) is 107 Å². The minimum Gasteiger partial charge on any atom is -0.367 e. The van der Waals surface area contributed by atoms with Crippen molar-refractivity contribution in [3.63, 3.8) is 0 Å². The van der Waals surface area contributed by atoms with Gasteiger partial charge >= 0.3 is 6.18 Å². The lowest BCUT2D eigenvalue weighted by Gasteiger charge is -2.41. The van der Waals surface area contributed by atoms with Crippen LogP contribution in [0.15, 0.2) is 36.5 Å². The number of rotatable bonds is 8. The minimum absolute atomic E-state index is 0.0368. The van der Waals surface area contributed by atoms with Crippen molar-refractivity contribution in [3.05, 3.63) is 47.9 Å². The minimum atomic E-state index is -4.51. The van der Waals surface area contributed by atoms with E-state index in [1.807, 2.05) is 6.20 Å². The highest BCUT2D eigenvalue weighted by molar-refractivity contribution is 7.13. The third-order valence-corrected chi connectivity index (χ3v) is 7.82. The maximum atomic E-state index is 13.2. The summed E-state index contributed by atoms with van der Waals surface area (Å²) >= 11 is 1.00. The number of hydrogen-bond donors (Lipinski definition) is 1. The van der Waals surface area contributed by atoms with Gasteiger partial charge in [0.15, 0.2) is 10.8 Å². The molecule has 1 N–H and O–H groups in total. The molecule has 1 saturated heterocycles. The van der Waals surface area contributed by atoms with Gasteiger partial charge in [0.05, 0.1) is 35.5 Å². The van der Waals surface area contributed by atoms with Crippen molar-refractivity contribution in [3.8, 4) is 16.5 Å². The Morgan fingerprint density at radius 2 is 1.93 bits per heavy atom. The van der Waals surface area contributed by atoms with Gasteiger partial charge in [0.2, 0.25) is 6.43 Å². The molecule has 1 amide bonds. The zero-order chi connectivity index (χ0) is 28.2. The largest absolute Gasteiger partial charge is 0.408 e. The third kappa shape index (κ3) is 5.02. The molecule has 1 saturated carbocycles. The molecule has 10 nitrogen and oxygen atoms in total. The first kappa shape index (κ1) is 26.3. The first-order chi connectivity index (χ1) is 19.1. The molecule has 1 aliphatic carbocycles. The Morgan fingerprint density at radius 3 is 2.62 bits per heavy atom. The summed E-state index contributed by atoms with van der Waals surface area (Å²) in [6.45, 7) is 1.32. The summed E-state index contributed by atoms with van der Waals surface area (Å²) in [5, 5.41) is 11.6. The summed E-state index contributed by atoms with van der Waals surface area (Å²) < 4.78 is 68.5. The first-order valence-electron chi connectivity index (χ1n) is 12.4. The molecule has 1 aliphatic heterocycles. The van der Waals surface area contributed by atoms with Crippen molar-refractivity contribution in [2.45, 2.75) is 44.3 Å². The SMILES string of the molecule is CC(n1cnnc1-c1nc(NC(=O)c2cc(-n3cnc(C4CC4)c3)c(N3CC(C(F)F)C3)cn2)cs1)C(F)(F)F. The van der Waals surface area contributed by atoms with Crippen molar-refractivity contribution >= 4 is 28.7 Å². The molecule has 6 rings (SSSR count). The van der Waals surface area contributed by atoms with Crippen LogP contribution in [0.5, 0.6) is 0 Å². The summed E-state index contributed by atoms with van der Waals surface area (Å²) in [6.07, 6.45) is 1.13. The van der Waals surface area contributed by atoms with Crippen molar-refractivity contribution in [1.29, 1.82) is 0 Å². The highest BCUT2D eigenvalue weighted by atomic mass is 32.1. The summed E-state index contributed by atoms with van der Waals surface area (Å²) in [5.74, 6) is -0.919. The van der Waals surface area contributed by atoms with Crippen molar-refractivity contribution in [2.75, 3.05) is 23.3 Å². The molecule has 1 unspecified atom stereocenters. The van der Waals surface area contributed by atoms with Gasteiger partial charge in [-0.3, -0.25) is 9.36 Å². The molecular formula is C24H22F5N9OS. The lowest BCUT2D eigenvalue weighted by Crippen LogP contribution is -2.50. The smallest absolute Gasteiger partial charge is 0.367 e. The number of hydrogen-bond acceptors (Lipinski definition) is 8. The molecule has 16 heteroatoms. The van der Waals surface area contributed by atoms with E-state index in [-0.39, 0.29) is 35.4 Å². The maximum absolute atomic E-state index is 13.2. The predicted molar refractivity (Wildman–Crippen MR) is 135 cm³/mol. The quantitative estimate of drug-likeness (QED) is 0.295. The lowest BCUT2D eigenvalue weighted by atomic mass is 10.00. The fourth-order valence-corrected chi connectivity index (χ4v) is 5.13. The molecule has 4 aromatic heterocycles. The zero-order valence-electron chi connectivity index (χ0n) is 20.9. The van der Waals surface area contributed by atoms with Crippen LogP contribution < -0.4 is 10.2 Å². The van der Waals surface area contributed by atoms with Crippen LogP contribution in [0.3, 0.4) is 0 Å². The van der Waals surface area contributed by atoms with Crippen LogP contribution in [0, 0.1) is 5.92 Å². The Hall–Kier alpha value is -3.95. The van der Waals surface area contributed by atoms with Gasteiger partial charge in [-0.25, -0.2) is 23.7 Å². The van der Waals surface area contributed by atoms with Gasteiger partial charge in [0, 0.05) is 30.6 Å². The number of nitrogens with one attached hydrogen (secondary N) is 1. The number of aromatic nitrogens is 7. The van der Waals surface area contributed by atoms with E-state index in [1.54, 1.807) is 21.9 Å². The average Bonchev–Trinajstić information content (AvgIpc) is 3.25. The van der Waals surface area contributed by atoms with Gasteiger partial charge in [0.1, 0.15) is 23.9 Å². The summed E-state index contributed by atoms with van der Waals surface area (Å²) in [7, 11) is 0. The molecule has 0 spiro atoms. The Bertz CT molecular complexity index is 1540. The van der Waals surface area contributed by atoms with Crippen molar-refractivity contribution < 1.29 is 26.7 Å². The van der Waals surface area contributed by atoms with E-state index in [2.05, 4.69) is 30.5 Å². The van der Waals surface area contributed by atoms with Gasteiger partial charge in [-0.2, -0.15) is 13.2 Å². The molecule has 1 atom stereocenters. The second-order valence-electron chi connectivity index (χ2n) is 9.81. The number of carbonyl (C=O) groups is 1. The molecule has 2 aliphatic rings. The van der Waals surface area contributed by atoms with Crippen LogP contribution in [-0.4, -0.2) is 65.9 Å². The van der Waals surface area contributed by atoms with Crippen LogP contribution >= 0.6 is 11.3 Å². The number of anilines is 2. The van der Waals surface area contributed by atoms with Crippen molar-refractivity contribution in [2.24, 2.45) is 5.92 Å². The van der Waals surface area contributed by atoms with Crippen LogP contribution in [0.4, 0.5) is 33.5 Å². The maximum Gasteiger partial charge on any atom is 0.408 e. The lowest BCUT2D eigenvalue weighted by molar-refractivity contribution is -0.162. The van der Waals surface area contributed by atoms with E-state index in [0.29, 0.717) is 17.3 Å². The molecule has 0 bridgehead atoms. The Balaban J connectivity index is 1.24. The first-order valence-corrected chi connectivity index (χ1v) is 13.3. The monoisotopic (exact) mass is 579 g/mol. The number of pyridine rings is 1. The normalized spacial score (nSPS) is 16.8. The Morgan fingerprint density at radius 1 is 1.15 bits per heavy atom. The predicted octanol–water partition coefficient (Wildman–Crippen LogP) is 4.94. The van der Waals surface area contributed by atoms with E-state index >= 15 is 0 Å². The molecule has 0 aromatic carbocycles. The number of alkyl halides is 5. The number of halogens is 5. The van der Waals surface area contributed by atoms with E-state index < -0.39 is 30.5 Å². The van der Waals surface area contributed by atoms with Crippen LogP contribution in [-0.2, 0) is 0 Å². The van der Waals surface area contributed by atoms with Gasteiger partial charge in [0.25, 0.3) is 5.91 Å². The Labute approximate surface area is 227 Å². The van der Waals surface area contributed by atoms with Crippen molar-refractivity contribution in [1.82, 2.24) is 34.3 Å². The molecule has 4 aromatic rings. The average molecular weight is 580 g/mol. The molecule has 5 heterocycles. The second kappa shape index (κ2) is 9.91. The molecule has 40 heavy (non-hydrogen) atoms. The second-order valence-corrected chi connectivity index (χ2v) is 10.7. The van der Waals surface area contributed by atoms with E-state index in [1.165, 1.54) is 11.6 Å². The summed E-state index contributed by atoms with van der Waals surface area (Å²) in [6, 6.07) is -0.320. The standard InChI is InChI=1S/C24H22F5N9OS/c1-12(24(27,28)29)38-11-32-35-21(38)23-34-19(9-40-23)33-22(39)15-4-17(37-8-16(31-10-37)13-2-3-13)18(5-30-15)36-6-14(7-36)20(25)26/h4-5,8-14,20H,2-3,6-7H2,1H3,(H,33,39). The van der Waals surface area contributed by atoms with Crippen LogP contribution in [0.2, 0.25) is 0 Å². The zero-order valence-corrected chi connectivity index (χ0v) is 21.7. The fourth-order valence-electron chi connectivity index (χ4n) is 4.39. The number of carbonyl (C=O) groups excluding carboxylic acids is 1. The van der Waals surface area contributed by atoms with E-state index in [0.717, 1.165) is 47.7 Å². The van der Waals surface area contributed by atoms with Gasteiger partial charge < -0.3 is 14.8 Å². The highest BCUT2D eigenvalue weighted by Crippen LogP contribution is 2.40. The number of thiazole rings is 1. The fraction of sp³-hybridized carbons (Fsp3) is 0.417. The van der Waals surface area contributed by atoms with Gasteiger partial charge in [-0.15, -0.1) is 21.5 Å². The molecule has 210 valence electrons. The Kier molecular flexibility index (Phi) is 6.51. The van der Waals surface area contributed by atoms with Crippen LogP contribution in [0.1, 0.15) is 47.9 Å². The van der Waals surface area contributed by atoms with Crippen LogP contribution in [0.25, 0.3) is 16.5 Å². The van der Waals surface area contributed by atoms with E-state index in [9.17, 15) is 26.7 Å². The number of nitrogens with zero attached hydrogens (tertiary/aromatic N) is 8. The number of imidazole rings is 1. The molecular weight excluding hydrogens is 557 g/mol. The number of amides is 1. The summed E-state index contributed by atoms with van der Waals surface area (Å²) in [4.78, 5) is 27.8. The molecule has 2 fully saturated rings. The molecule has 0 radical (unpaired) electrons.